The van der Waals surface area contributed by atoms with Gasteiger partial charge in [-0.2, -0.15) is 0 Å². The van der Waals surface area contributed by atoms with Crippen LogP contribution >= 0.6 is 15.9 Å². The fourth-order valence-corrected chi connectivity index (χ4v) is 3.19. The molecule has 1 saturated heterocycles. The molecule has 3 heteroatoms. The average molecular weight is 325 g/mol. The number of halogens is 1. The van der Waals surface area contributed by atoms with Crippen molar-refractivity contribution in [3.8, 4) is 0 Å². The second-order valence-electron chi connectivity index (χ2n) is 5.83. The molecule has 2 atom stereocenters. The van der Waals surface area contributed by atoms with Crippen molar-refractivity contribution < 1.29 is 0 Å². The van der Waals surface area contributed by atoms with E-state index in [1.807, 2.05) is 6.07 Å². The highest BCUT2D eigenvalue weighted by molar-refractivity contribution is 9.10. The van der Waals surface area contributed by atoms with Crippen molar-refractivity contribution in [2.24, 2.45) is 11.7 Å². The minimum atomic E-state index is 0.151. The maximum absolute atomic E-state index is 6.30. The van der Waals surface area contributed by atoms with Crippen LogP contribution in [0, 0.1) is 5.92 Å². The van der Waals surface area contributed by atoms with Crippen molar-refractivity contribution in [3.63, 3.8) is 0 Å². The number of hydrogen-bond donors (Lipinski definition) is 1. The Hall–Kier alpha value is -0.380. The lowest BCUT2D eigenvalue weighted by Crippen LogP contribution is -2.28. The lowest BCUT2D eigenvalue weighted by atomic mass is 10.0. The van der Waals surface area contributed by atoms with Crippen LogP contribution in [0.15, 0.2) is 28.7 Å². The van der Waals surface area contributed by atoms with Gasteiger partial charge in [-0.1, -0.05) is 35.0 Å². The van der Waals surface area contributed by atoms with E-state index in [-0.39, 0.29) is 6.04 Å². The standard InChI is InChI=1S/C16H25BrN2/c1-13-4-3-9-19(10-7-13)11-8-16(18)14-5-2-6-15(17)12-14/h2,5-6,12-13,16H,3-4,7-11,18H2,1H3. The van der Waals surface area contributed by atoms with Gasteiger partial charge in [0.2, 0.25) is 0 Å². The van der Waals surface area contributed by atoms with Crippen molar-refractivity contribution in [1.29, 1.82) is 0 Å². The summed E-state index contributed by atoms with van der Waals surface area (Å²) in [6.07, 6.45) is 5.11. The Morgan fingerprint density at radius 2 is 2.21 bits per heavy atom. The van der Waals surface area contributed by atoms with Crippen LogP contribution in [-0.4, -0.2) is 24.5 Å². The topological polar surface area (TPSA) is 29.3 Å². The van der Waals surface area contributed by atoms with Crippen molar-refractivity contribution in [2.45, 2.75) is 38.6 Å². The molecule has 0 aliphatic carbocycles. The fraction of sp³-hybridized carbons (Fsp3) is 0.625. The van der Waals surface area contributed by atoms with Crippen molar-refractivity contribution in [1.82, 2.24) is 4.90 Å². The summed E-state index contributed by atoms with van der Waals surface area (Å²) >= 11 is 3.51. The first kappa shape index (κ1) is 15.0. The van der Waals surface area contributed by atoms with Gasteiger partial charge in [-0.3, -0.25) is 0 Å². The van der Waals surface area contributed by atoms with Crippen LogP contribution < -0.4 is 5.73 Å². The van der Waals surface area contributed by atoms with E-state index >= 15 is 0 Å². The average Bonchev–Trinajstić information content (AvgIpc) is 2.61. The quantitative estimate of drug-likeness (QED) is 0.908. The first-order valence-corrected chi connectivity index (χ1v) is 8.18. The molecule has 2 nitrogen and oxygen atoms in total. The molecule has 2 N–H and O–H groups in total. The number of nitrogens with two attached hydrogens (primary N) is 1. The molecule has 2 rings (SSSR count). The summed E-state index contributed by atoms with van der Waals surface area (Å²) in [5.74, 6) is 0.892. The second kappa shape index (κ2) is 7.41. The van der Waals surface area contributed by atoms with Crippen LogP contribution in [0.4, 0.5) is 0 Å². The van der Waals surface area contributed by atoms with Crippen LogP contribution in [0.2, 0.25) is 0 Å². The Bertz CT molecular complexity index is 394. The first-order chi connectivity index (χ1) is 9.15. The molecular formula is C16H25BrN2. The largest absolute Gasteiger partial charge is 0.324 e. The SMILES string of the molecule is CC1CCCN(CCC(N)c2cccc(Br)c2)CC1. The third kappa shape index (κ3) is 4.90. The number of likely N-dealkylation sites (tertiary alicyclic amines) is 1. The summed E-state index contributed by atoms with van der Waals surface area (Å²) < 4.78 is 1.11. The predicted octanol–water partition coefficient (Wildman–Crippen LogP) is 3.96. The van der Waals surface area contributed by atoms with Crippen LogP contribution in [0.25, 0.3) is 0 Å². The normalized spacial score (nSPS) is 23.0. The van der Waals surface area contributed by atoms with E-state index in [4.69, 9.17) is 5.73 Å². The molecule has 1 heterocycles. The highest BCUT2D eigenvalue weighted by atomic mass is 79.9. The molecule has 1 aromatic rings. The summed E-state index contributed by atoms with van der Waals surface area (Å²) in [7, 11) is 0. The van der Waals surface area contributed by atoms with Crippen LogP contribution in [0.3, 0.4) is 0 Å². The van der Waals surface area contributed by atoms with E-state index in [0.717, 1.165) is 23.4 Å². The van der Waals surface area contributed by atoms with Crippen molar-refractivity contribution in [3.05, 3.63) is 34.3 Å². The molecule has 1 fully saturated rings. The van der Waals surface area contributed by atoms with Gasteiger partial charge in [0.1, 0.15) is 0 Å². The minimum Gasteiger partial charge on any atom is -0.324 e. The second-order valence-corrected chi connectivity index (χ2v) is 6.74. The Morgan fingerprint density at radius 3 is 3.00 bits per heavy atom. The Balaban J connectivity index is 1.81. The summed E-state index contributed by atoms with van der Waals surface area (Å²) in [5.41, 5.74) is 7.53. The number of benzene rings is 1. The van der Waals surface area contributed by atoms with Crippen LogP contribution in [0.1, 0.15) is 44.2 Å². The highest BCUT2D eigenvalue weighted by Crippen LogP contribution is 2.21. The molecule has 19 heavy (non-hydrogen) atoms. The molecule has 1 aromatic carbocycles. The highest BCUT2D eigenvalue weighted by Gasteiger charge is 2.15. The van der Waals surface area contributed by atoms with E-state index in [2.05, 4.69) is 46.0 Å². The smallest absolute Gasteiger partial charge is 0.0307 e. The van der Waals surface area contributed by atoms with Gasteiger partial charge in [-0.05, 0) is 68.9 Å². The summed E-state index contributed by atoms with van der Waals surface area (Å²) in [5, 5.41) is 0. The molecule has 0 saturated carbocycles. The van der Waals surface area contributed by atoms with Gasteiger partial charge < -0.3 is 10.6 Å². The lowest BCUT2D eigenvalue weighted by Gasteiger charge is -2.22. The van der Waals surface area contributed by atoms with Crippen LogP contribution in [0.5, 0.6) is 0 Å². The molecule has 0 aromatic heterocycles. The number of rotatable bonds is 4. The van der Waals surface area contributed by atoms with Gasteiger partial charge >= 0.3 is 0 Å². The Labute approximate surface area is 125 Å². The minimum absolute atomic E-state index is 0.151. The van der Waals surface area contributed by atoms with Crippen molar-refractivity contribution >= 4 is 15.9 Å². The summed E-state index contributed by atoms with van der Waals surface area (Å²) in [6, 6.07) is 8.52. The zero-order valence-corrected chi connectivity index (χ0v) is 13.4. The first-order valence-electron chi connectivity index (χ1n) is 7.38. The van der Waals surface area contributed by atoms with Gasteiger partial charge in [0, 0.05) is 10.5 Å². The molecule has 1 aliphatic heterocycles. The lowest BCUT2D eigenvalue weighted by molar-refractivity contribution is 0.270. The van der Waals surface area contributed by atoms with Gasteiger partial charge in [-0.15, -0.1) is 0 Å². The number of nitrogens with zero attached hydrogens (tertiary/aromatic N) is 1. The third-order valence-electron chi connectivity index (χ3n) is 4.14. The maximum Gasteiger partial charge on any atom is 0.0307 e. The Morgan fingerprint density at radius 1 is 1.37 bits per heavy atom. The molecule has 106 valence electrons. The predicted molar refractivity (Wildman–Crippen MR) is 85.1 cm³/mol. The number of hydrogen-bond acceptors (Lipinski definition) is 2. The molecular weight excluding hydrogens is 300 g/mol. The van der Waals surface area contributed by atoms with E-state index in [1.165, 1.54) is 37.9 Å². The zero-order chi connectivity index (χ0) is 13.7. The van der Waals surface area contributed by atoms with E-state index < -0.39 is 0 Å². The van der Waals surface area contributed by atoms with Gasteiger partial charge in [-0.25, -0.2) is 0 Å². The molecule has 0 amide bonds. The molecule has 0 spiro atoms. The van der Waals surface area contributed by atoms with E-state index in [1.54, 1.807) is 0 Å². The molecule has 0 bridgehead atoms. The van der Waals surface area contributed by atoms with E-state index in [9.17, 15) is 0 Å². The molecule has 1 aliphatic rings. The van der Waals surface area contributed by atoms with Crippen LogP contribution in [-0.2, 0) is 0 Å². The molecule has 0 radical (unpaired) electrons. The monoisotopic (exact) mass is 324 g/mol. The fourth-order valence-electron chi connectivity index (χ4n) is 2.77. The maximum atomic E-state index is 6.30. The zero-order valence-electron chi connectivity index (χ0n) is 11.8. The summed E-state index contributed by atoms with van der Waals surface area (Å²) in [6.45, 7) is 5.99. The van der Waals surface area contributed by atoms with Gasteiger partial charge in [0.25, 0.3) is 0 Å². The Kier molecular flexibility index (Phi) is 5.86. The summed E-state index contributed by atoms with van der Waals surface area (Å²) in [4.78, 5) is 2.58. The molecule has 2 unspecified atom stereocenters. The third-order valence-corrected chi connectivity index (χ3v) is 4.64. The van der Waals surface area contributed by atoms with E-state index in [0.29, 0.717) is 0 Å². The van der Waals surface area contributed by atoms with Gasteiger partial charge in [0.15, 0.2) is 0 Å². The van der Waals surface area contributed by atoms with Gasteiger partial charge in [0.05, 0.1) is 0 Å². The van der Waals surface area contributed by atoms with Crippen molar-refractivity contribution in [2.75, 3.05) is 19.6 Å².